The second-order valence-corrected chi connectivity index (χ2v) is 5.11. The largest absolute Gasteiger partial charge is 0.376 e. The summed E-state index contributed by atoms with van der Waals surface area (Å²) in [4.78, 5) is 0. The molecule has 2 unspecified atom stereocenters. The molecule has 1 N–H and O–H groups in total. The Morgan fingerprint density at radius 1 is 1.53 bits per heavy atom. The van der Waals surface area contributed by atoms with Crippen molar-refractivity contribution in [2.75, 3.05) is 19.7 Å². The minimum Gasteiger partial charge on any atom is -0.376 e. The number of nitrogens with zero attached hydrogens (tertiary/aromatic N) is 2. The normalized spacial score (nSPS) is 21.9. The molecule has 19 heavy (non-hydrogen) atoms. The Labute approximate surface area is 114 Å². The van der Waals surface area contributed by atoms with Crippen molar-refractivity contribution in [3.63, 3.8) is 0 Å². The average molecular weight is 259 g/mol. The first-order valence-corrected chi connectivity index (χ1v) is 6.74. The zero-order valence-corrected chi connectivity index (χ0v) is 11.8. The van der Waals surface area contributed by atoms with E-state index in [0.717, 1.165) is 30.8 Å². The summed E-state index contributed by atoms with van der Waals surface area (Å²) in [6.45, 7) is 8.77. The van der Waals surface area contributed by atoms with Crippen molar-refractivity contribution in [3.8, 4) is 6.07 Å². The molecule has 0 spiro atoms. The number of morpholine rings is 1. The molecule has 2 atom stereocenters. The molecule has 0 radical (unpaired) electrons. The zero-order chi connectivity index (χ0) is 13.8. The first kappa shape index (κ1) is 14.0. The molecule has 1 aliphatic heterocycles. The maximum atomic E-state index is 9.08. The third-order valence-corrected chi connectivity index (χ3v) is 3.58. The van der Waals surface area contributed by atoms with Crippen LogP contribution in [0, 0.1) is 18.3 Å². The number of nitrogens with one attached hydrogen (secondary N) is 1. The summed E-state index contributed by atoms with van der Waals surface area (Å²) < 4.78 is 5.53. The van der Waals surface area contributed by atoms with Crippen molar-refractivity contribution in [2.24, 2.45) is 0 Å². The first-order valence-electron chi connectivity index (χ1n) is 6.74. The van der Waals surface area contributed by atoms with E-state index in [2.05, 4.69) is 36.4 Å². The molecule has 4 heteroatoms. The summed E-state index contributed by atoms with van der Waals surface area (Å²) in [6, 6.07) is 8.32. The molecule has 2 rings (SSSR count). The van der Waals surface area contributed by atoms with Crippen molar-refractivity contribution < 1.29 is 4.74 Å². The zero-order valence-electron chi connectivity index (χ0n) is 11.8. The lowest BCUT2D eigenvalue weighted by atomic mass is 9.98. The van der Waals surface area contributed by atoms with Gasteiger partial charge >= 0.3 is 0 Å². The highest BCUT2D eigenvalue weighted by molar-refractivity contribution is 5.42. The van der Waals surface area contributed by atoms with Crippen LogP contribution in [0.15, 0.2) is 18.2 Å². The fourth-order valence-electron chi connectivity index (χ4n) is 2.52. The van der Waals surface area contributed by atoms with E-state index in [-0.39, 0.29) is 12.1 Å². The Hall–Kier alpha value is -1.41. The summed E-state index contributed by atoms with van der Waals surface area (Å²) in [5.74, 6) is 0. The lowest BCUT2D eigenvalue weighted by Crippen LogP contribution is -2.49. The van der Waals surface area contributed by atoms with Crippen LogP contribution in [0.4, 0.5) is 0 Å². The maximum absolute atomic E-state index is 9.08. The van der Waals surface area contributed by atoms with Gasteiger partial charge in [-0.15, -0.1) is 0 Å². The minimum atomic E-state index is 0.193. The van der Waals surface area contributed by atoms with Crippen LogP contribution in [0.1, 0.15) is 36.6 Å². The Kier molecular flexibility index (Phi) is 4.54. The smallest absolute Gasteiger partial charge is 0.0994 e. The molecule has 0 amide bonds. The topological polar surface area (TPSA) is 48.3 Å². The number of benzene rings is 1. The third kappa shape index (κ3) is 3.32. The number of ether oxygens (including phenoxy) is 1. The number of nitriles is 1. The van der Waals surface area contributed by atoms with E-state index in [4.69, 9.17) is 10.00 Å². The molecule has 1 aromatic rings. The van der Waals surface area contributed by atoms with Gasteiger partial charge in [-0.05, 0) is 38.0 Å². The van der Waals surface area contributed by atoms with E-state index in [1.54, 1.807) is 0 Å². The third-order valence-electron chi connectivity index (χ3n) is 3.58. The summed E-state index contributed by atoms with van der Waals surface area (Å²) in [6.07, 6.45) is 0.264. The van der Waals surface area contributed by atoms with E-state index in [1.165, 1.54) is 5.56 Å². The van der Waals surface area contributed by atoms with Gasteiger partial charge in [0.2, 0.25) is 0 Å². The van der Waals surface area contributed by atoms with Crippen molar-refractivity contribution in [1.29, 1.82) is 5.26 Å². The van der Waals surface area contributed by atoms with Crippen LogP contribution in [0.2, 0.25) is 0 Å². The van der Waals surface area contributed by atoms with Crippen molar-refractivity contribution >= 4 is 0 Å². The molecule has 0 saturated carbocycles. The monoisotopic (exact) mass is 259 g/mol. The van der Waals surface area contributed by atoms with E-state index in [0.29, 0.717) is 0 Å². The van der Waals surface area contributed by atoms with E-state index in [9.17, 15) is 0 Å². The van der Waals surface area contributed by atoms with Crippen LogP contribution in [0.3, 0.4) is 0 Å². The van der Waals surface area contributed by atoms with Gasteiger partial charge in [-0.1, -0.05) is 12.1 Å². The summed E-state index contributed by atoms with van der Waals surface area (Å²) in [7, 11) is 0. The highest BCUT2D eigenvalue weighted by atomic mass is 16.5. The van der Waals surface area contributed by atoms with Gasteiger partial charge in [0, 0.05) is 19.1 Å². The molecule has 4 nitrogen and oxygen atoms in total. The lowest BCUT2D eigenvalue weighted by molar-refractivity contribution is -0.0431. The number of hydrogen-bond acceptors (Lipinski definition) is 4. The highest BCUT2D eigenvalue weighted by Crippen LogP contribution is 2.20. The molecule has 1 aliphatic rings. The van der Waals surface area contributed by atoms with Gasteiger partial charge in [0.15, 0.2) is 0 Å². The second kappa shape index (κ2) is 6.16. The van der Waals surface area contributed by atoms with Crippen LogP contribution < -0.4 is 5.43 Å². The van der Waals surface area contributed by atoms with E-state index < -0.39 is 0 Å². The predicted octanol–water partition coefficient (Wildman–Crippen LogP) is 2.15. The molecule has 1 aromatic carbocycles. The minimum absolute atomic E-state index is 0.193. The van der Waals surface area contributed by atoms with Crippen LogP contribution in [-0.4, -0.2) is 30.8 Å². The van der Waals surface area contributed by atoms with Crippen molar-refractivity contribution in [3.05, 3.63) is 34.9 Å². The van der Waals surface area contributed by atoms with Crippen molar-refractivity contribution in [2.45, 2.75) is 32.9 Å². The second-order valence-electron chi connectivity index (χ2n) is 5.11. The number of hydrogen-bond donors (Lipinski definition) is 1. The Morgan fingerprint density at radius 3 is 3.00 bits per heavy atom. The van der Waals surface area contributed by atoms with Gasteiger partial charge in [0.05, 0.1) is 24.3 Å². The van der Waals surface area contributed by atoms with E-state index >= 15 is 0 Å². The van der Waals surface area contributed by atoms with Gasteiger partial charge in [0.1, 0.15) is 0 Å². The molecule has 102 valence electrons. The molecule has 1 heterocycles. The molecule has 0 bridgehead atoms. The quantitative estimate of drug-likeness (QED) is 0.903. The number of rotatable bonds is 3. The maximum Gasteiger partial charge on any atom is 0.0994 e. The SMILES string of the molecule is Cc1c(C#N)cccc1C(C)NN1CCOC(C)C1. The molecule has 1 fully saturated rings. The van der Waals surface area contributed by atoms with Crippen LogP contribution >= 0.6 is 0 Å². The molecule has 0 aliphatic carbocycles. The molecular formula is C15H21N3O. The fraction of sp³-hybridized carbons (Fsp3) is 0.533. The first-order chi connectivity index (χ1) is 9.11. The fourth-order valence-corrected chi connectivity index (χ4v) is 2.52. The van der Waals surface area contributed by atoms with Gasteiger partial charge in [-0.25, -0.2) is 10.4 Å². The van der Waals surface area contributed by atoms with Crippen LogP contribution in [0.25, 0.3) is 0 Å². The van der Waals surface area contributed by atoms with Gasteiger partial charge in [0.25, 0.3) is 0 Å². The summed E-state index contributed by atoms with van der Waals surface area (Å²) in [5.41, 5.74) is 6.49. The highest BCUT2D eigenvalue weighted by Gasteiger charge is 2.19. The van der Waals surface area contributed by atoms with Gasteiger partial charge in [-0.3, -0.25) is 0 Å². The Balaban J connectivity index is 2.07. The predicted molar refractivity (Wildman–Crippen MR) is 74.4 cm³/mol. The van der Waals surface area contributed by atoms with Crippen LogP contribution in [0.5, 0.6) is 0 Å². The molecular weight excluding hydrogens is 238 g/mol. The average Bonchev–Trinajstić information content (AvgIpc) is 2.39. The number of hydrazine groups is 1. The Bertz CT molecular complexity index is 481. The van der Waals surface area contributed by atoms with Crippen LogP contribution in [-0.2, 0) is 4.74 Å². The summed E-state index contributed by atoms with van der Waals surface area (Å²) >= 11 is 0. The Morgan fingerprint density at radius 2 is 2.32 bits per heavy atom. The lowest BCUT2D eigenvalue weighted by Gasteiger charge is -2.34. The van der Waals surface area contributed by atoms with E-state index in [1.807, 2.05) is 19.1 Å². The van der Waals surface area contributed by atoms with Gasteiger partial charge in [-0.2, -0.15) is 5.26 Å². The molecule has 1 saturated heterocycles. The van der Waals surface area contributed by atoms with Crippen molar-refractivity contribution in [1.82, 2.24) is 10.4 Å². The summed E-state index contributed by atoms with van der Waals surface area (Å²) in [5, 5.41) is 11.3. The molecule has 0 aromatic heterocycles. The van der Waals surface area contributed by atoms with Gasteiger partial charge < -0.3 is 4.74 Å². The standard InChI is InChI=1S/C15H21N3O/c1-11-10-18(7-8-19-11)17-13(3)15-6-4-5-14(9-16)12(15)2/h4-6,11,13,17H,7-8,10H2,1-3H3.